The van der Waals surface area contributed by atoms with Gasteiger partial charge in [-0.15, -0.1) is 0 Å². The van der Waals surface area contributed by atoms with Crippen LogP contribution in [0.4, 0.5) is 0 Å². The third-order valence-corrected chi connectivity index (χ3v) is 4.09. The maximum absolute atomic E-state index is 9.94. The molecular formula is C12H22O11. The average molecular weight is 342 g/mol. The third-order valence-electron chi connectivity index (χ3n) is 4.09. The van der Waals surface area contributed by atoms with Crippen LogP contribution < -0.4 is 0 Å². The molecule has 0 radical (unpaired) electrons. The van der Waals surface area contributed by atoms with Crippen molar-refractivity contribution in [2.24, 2.45) is 0 Å². The van der Waals surface area contributed by atoms with Crippen molar-refractivity contribution in [3.63, 3.8) is 0 Å². The van der Waals surface area contributed by atoms with Gasteiger partial charge in [-0.2, -0.15) is 0 Å². The zero-order valence-corrected chi connectivity index (χ0v) is 12.0. The van der Waals surface area contributed by atoms with Crippen LogP contribution in [0.15, 0.2) is 0 Å². The van der Waals surface area contributed by atoms with E-state index in [1.807, 2.05) is 0 Å². The van der Waals surface area contributed by atoms with Crippen molar-refractivity contribution < 1.29 is 55.1 Å². The molecule has 2 rings (SSSR count). The van der Waals surface area contributed by atoms with Crippen molar-refractivity contribution in [3.8, 4) is 0 Å². The highest BCUT2D eigenvalue weighted by molar-refractivity contribution is 4.97. The summed E-state index contributed by atoms with van der Waals surface area (Å²) in [5.74, 6) is -2.07. The quantitative estimate of drug-likeness (QED) is 0.238. The molecule has 2 saturated heterocycles. The van der Waals surface area contributed by atoms with Crippen LogP contribution in [0.5, 0.6) is 0 Å². The molecule has 11 heteroatoms. The van der Waals surface area contributed by atoms with Gasteiger partial charge in [0.05, 0.1) is 13.2 Å². The van der Waals surface area contributed by atoms with Crippen LogP contribution in [0.3, 0.4) is 0 Å². The van der Waals surface area contributed by atoms with Crippen molar-refractivity contribution in [3.05, 3.63) is 0 Å². The fourth-order valence-electron chi connectivity index (χ4n) is 2.59. The highest BCUT2D eigenvalue weighted by atomic mass is 16.7. The van der Waals surface area contributed by atoms with E-state index in [9.17, 15) is 35.7 Å². The molecule has 2 aliphatic heterocycles. The van der Waals surface area contributed by atoms with Crippen LogP contribution in [0.1, 0.15) is 0 Å². The molecule has 8 N–H and O–H groups in total. The van der Waals surface area contributed by atoms with Crippen molar-refractivity contribution in [2.45, 2.75) is 54.8 Å². The lowest BCUT2D eigenvalue weighted by Crippen LogP contribution is -2.60. The Labute approximate surface area is 130 Å². The number of rotatable bonds is 5. The molecule has 0 aliphatic carbocycles. The minimum absolute atomic E-state index is 0.551. The molecule has 0 bridgehead atoms. The first-order chi connectivity index (χ1) is 10.8. The minimum atomic E-state index is -2.07. The topological polar surface area (TPSA) is 190 Å². The SMILES string of the molecule is OC[C@H]1O[C@@](CO)(OC[C@H]2O[C@@H](O)[C@H](O)[C@@H](O)[C@@H]2O)[C@@H](O)[C@@H]1O. The van der Waals surface area contributed by atoms with Gasteiger partial charge in [0.25, 0.3) is 0 Å². The van der Waals surface area contributed by atoms with E-state index < -0.39 is 74.6 Å². The summed E-state index contributed by atoms with van der Waals surface area (Å²) in [7, 11) is 0. The largest absolute Gasteiger partial charge is 0.394 e. The highest BCUT2D eigenvalue weighted by Gasteiger charge is 2.56. The summed E-state index contributed by atoms with van der Waals surface area (Å²) in [6.45, 7) is -2.06. The van der Waals surface area contributed by atoms with Gasteiger partial charge in [-0.25, -0.2) is 0 Å². The molecule has 0 spiro atoms. The number of ether oxygens (including phenoxy) is 3. The van der Waals surface area contributed by atoms with Crippen molar-refractivity contribution in [2.75, 3.05) is 19.8 Å². The molecule has 0 aromatic heterocycles. The van der Waals surface area contributed by atoms with Gasteiger partial charge in [0, 0.05) is 0 Å². The molecule has 0 aromatic carbocycles. The first-order valence-corrected chi connectivity index (χ1v) is 7.04. The van der Waals surface area contributed by atoms with Gasteiger partial charge < -0.3 is 55.1 Å². The van der Waals surface area contributed by atoms with E-state index in [4.69, 9.17) is 19.3 Å². The van der Waals surface area contributed by atoms with Crippen LogP contribution >= 0.6 is 0 Å². The summed E-state index contributed by atoms with van der Waals surface area (Å²) >= 11 is 0. The van der Waals surface area contributed by atoms with Crippen LogP contribution in [0.2, 0.25) is 0 Å². The van der Waals surface area contributed by atoms with E-state index in [1.54, 1.807) is 0 Å². The third kappa shape index (κ3) is 3.36. The monoisotopic (exact) mass is 342 g/mol. The lowest BCUT2D eigenvalue weighted by molar-refractivity contribution is -0.321. The molecule has 0 aromatic rings. The smallest absolute Gasteiger partial charge is 0.221 e. The normalized spacial score (nSPS) is 51.1. The fraction of sp³-hybridized carbons (Fsp3) is 1.00. The zero-order chi connectivity index (χ0) is 17.4. The molecule has 0 saturated carbocycles. The van der Waals surface area contributed by atoms with E-state index in [0.29, 0.717) is 0 Å². The molecule has 2 heterocycles. The Balaban J connectivity index is 2.03. The van der Waals surface area contributed by atoms with Gasteiger partial charge in [0.1, 0.15) is 49.3 Å². The van der Waals surface area contributed by atoms with Crippen LogP contribution in [-0.2, 0) is 14.2 Å². The standard InChI is InChI=1S/C12H22O11/c13-1-4-7(16)10(19)12(3-14,23-4)21-2-5-6(15)8(17)9(18)11(20)22-5/h4-11,13-20H,1-3H2/t4-,5-,6-,7-,8+,9-,10+,11-,12-/m1/s1. The maximum atomic E-state index is 9.94. The molecule has 136 valence electrons. The molecule has 0 amide bonds. The first kappa shape index (κ1) is 18.9. The van der Waals surface area contributed by atoms with E-state index >= 15 is 0 Å². The van der Waals surface area contributed by atoms with Crippen molar-refractivity contribution >= 4 is 0 Å². The predicted octanol–water partition coefficient (Wildman–Crippen LogP) is -5.40. The second kappa shape index (κ2) is 7.21. The van der Waals surface area contributed by atoms with Gasteiger partial charge in [-0.1, -0.05) is 0 Å². The number of hydrogen-bond donors (Lipinski definition) is 8. The Morgan fingerprint density at radius 3 is 2.00 bits per heavy atom. The summed E-state index contributed by atoms with van der Waals surface area (Å²) in [5, 5.41) is 76.3. The van der Waals surface area contributed by atoms with Gasteiger partial charge in [-0.3, -0.25) is 0 Å². The summed E-state index contributed by atoms with van der Waals surface area (Å²) in [4.78, 5) is 0. The number of hydrogen-bond acceptors (Lipinski definition) is 11. The summed E-state index contributed by atoms with van der Waals surface area (Å²) < 4.78 is 15.2. The maximum Gasteiger partial charge on any atom is 0.221 e. The minimum Gasteiger partial charge on any atom is -0.394 e. The molecule has 2 aliphatic rings. The van der Waals surface area contributed by atoms with Gasteiger partial charge >= 0.3 is 0 Å². The Hall–Kier alpha value is -0.440. The van der Waals surface area contributed by atoms with E-state index in [-0.39, 0.29) is 0 Å². The Kier molecular flexibility index (Phi) is 5.92. The summed E-state index contributed by atoms with van der Waals surface area (Å²) in [5.41, 5.74) is 0. The lowest BCUT2D eigenvalue weighted by Gasteiger charge is -2.39. The van der Waals surface area contributed by atoms with E-state index in [0.717, 1.165) is 0 Å². The predicted molar refractivity (Wildman–Crippen MR) is 68.6 cm³/mol. The van der Waals surface area contributed by atoms with E-state index in [1.165, 1.54) is 0 Å². The number of aliphatic hydroxyl groups is 8. The lowest BCUT2D eigenvalue weighted by atomic mass is 9.99. The second-order valence-electron chi connectivity index (χ2n) is 5.59. The molecule has 11 nitrogen and oxygen atoms in total. The van der Waals surface area contributed by atoms with Crippen LogP contribution in [-0.4, -0.2) is 115 Å². The average Bonchev–Trinajstić information content (AvgIpc) is 2.80. The molecular weight excluding hydrogens is 320 g/mol. The van der Waals surface area contributed by atoms with Crippen LogP contribution in [0.25, 0.3) is 0 Å². The molecule has 0 unspecified atom stereocenters. The zero-order valence-electron chi connectivity index (χ0n) is 12.0. The van der Waals surface area contributed by atoms with Crippen LogP contribution in [0, 0.1) is 0 Å². The first-order valence-electron chi connectivity index (χ1n) is 7.04. The Morgan fingerprint density at radius 2 is 1.48 bits per heavy atom. The molecule has 2 fully saturated rings. The fourth-order valence-corrected chi connectivity index (χ4v) is 2.59. The highest BCUT2D eigenvalue weighted by Crippen LogP contribution is 2.33. The van der Waals surface area contributed by atoms with Crippen molar-refractivity contribution in [1.29, 1.82) is 0 Å². The number of aliphatic hydroxyl groups excluding tert-OH is 8. The second-order valence-corrected chi connectivity index (χ2v) is 5.59. The van der Waals surface area contributed by atoms with Crippen molar-refractivity contribution in [1.82, 2.24) is 0 Å². The van der Waals surface area contributed by atoms with E-state index in [2.05, 4.69) is 0 Å². The molecule has 23 heavy (non-hydrogen) atoms. The summed E-state index contributed by atoms with van der Waals surface area (Å²) in [6.07, 6.45) is -12.5. The molecule has 9 atom stereocenters. The Bertz CT molecular complexity index is 395. The summed E-state index contributed by atoms with van der Waals surface area (Å²) in [6, 6.07) is 0. The van der Waals surface area contributed by atoms with Gasteiger partial charge in [0.15, 0.2) is 6.29 Å². The van der Waals surface area contributed by atoms with Gasteiger partial charge in [0.2, 0.25) is 5.79 Å². The Morgan fingerprint density at radius 1 is 0.826 bits per heavy atom. The van der Waals surface area contributed by atoms with Gasteiger partial charge in [-0.05, 0) is 0 Å².